The molecule has 2 rings (SSSR count). The Labute approximate surface area is 111 Å². The summed E-state index contributed by atoms with van der Waals surface area (Å²) in [6, 6.07) is 0. The molecule has 0 fully saturated rings. The molecule has 19 heavy (non-hydrogen) atoms. The van der Waals surface area contributed by atoms with Gasteiger partial charge in [0.15, 0.2) is 16.5 Å². The Morgan fingerprint density at radius 1 is 1.32 bits per heavy atom. The van der Waals surface area contributed by atoms with Crippen molar-refractivity contribution < 1.29 is 8.42 Å². The molecule has 0 aliphatic rings. The molecule has 0 unspecified atom stereocenters. The number of hydrogen-bond donors (Lipinski definition) is 3. The fraction of sp³-hybridized carbons (Fsp3) is 0.400. The zero-order valence-electron chi connectivity index (χ0n) is 11.1. The number of anilines is 2. The third-order valence-electron chi connectivity index (χ3n) is 3.06. The van der Waals surface area contributed by atoms with Gasteiger partial charge in [-0.1, -0.05) is 0 Å². The first-order valence-electron chi connectivity index (χ1n) is 5.57. The van der Waals surface area contributed by atoms with Crippen molar-refractivity contribution in [3.05, 3.63) is 17.0 Å². The lowest BCUT2D eigenvalue weighted by molar-refractivity contribution is 0.600. The summed E-state index contributed by atoms with van der Waals surface area (Å²) < 4.78 is 28.5. The number of aromatic amines is 1. The standard InChI is InChI=1S/C10H16N6O2S/c1-5-6(2)12-13-10(5)15-19(17,18)8-7(3)16(4)14-9(8)11/h1-4H3,(H2,11,14)(H2,12,13,15). The van der Waals surface area contributed by atoms with E-state index in [0.29, 0.717) is 5.69 Å². The summed E-state index contributed by atoms with van der Waals surface area (Å²) in [5, 5.41) is 10.5. The maximum absolute atomic E-state index is 12.3. The molecule has 0 saturated carbocycles. The fourth-order valence-electron chi connectivity index (χ4n) is 1.71. The van der Waals surface area contributed by atoms with E-state index in [4.69, 9.17) is 5.73 Å². The number of aromatic nitrogens is 4. The molecule has 0 aliphatic heterocycles. The molecule has 104 valence electrons. The minimum atomic E-state index is -3.80. The highest BCUT2D eigenvalue weighted by atomic mass is 32.2. The van der Waals surface area contributed by atoms with Crippen LogP contribution in [-0.2, 0) is 17.1 Å². The Bertz CT molecular complexity index is 728. The monoisotopic (exact) mass is 284 g/mol. The average Bonchev–Trinajstić information content (AvgIpc) is 2.73. The molecule has 2 aromatic heterocycles. The van der Waals surface area contributed by atoms with Crippen LogP contribution in [0, 0.1) is 20.8 Å². The van der Waals surface area contributed by atoms with Crippen molar-refractivity contribution in [2.24, 2.45) is 7.05 Å². The highest BCUT2D eigenvalue weighted by molar-refractivity contribution is 7.93. The van der Waals surface area contributed by atoms with Gasteiger partial charge in [0.25, 0.3) is 10.0 Å². The van der Waals surface area contributed by atoms with E-state index in [9.17, 15) is 8.42 Å². The van der Waals surface area contributed by atoms with E-state index in [1.807, 2.05) is 6.92 Å². The number of nitrogens with one attached hydrogen (secondary N) is 2. The van der Waals surface area contributed by atoms with E-state index in [0.717, 1.165) is 11.3 Å². The Morgan fingerprint density at radius 3 is 2.37 bits per heavy atom. The van der Waals surface area contributed by atoms with Crippen molar-refractivity contribution in [2.45, 2.75) is 25.7 Å². The van der Waals surface area contributed by atoms with Gasteiger partial charge in [-0.15, -0.1) is 0 Å². The summed E-state index contributed by atoms with van der Waals surface area (Å²) in [5.41, 5.74) is 7.65. The Balaban J connectivity index is 2.47. The molecule has 9 heteroatoms. The van der Waals surface area contributed by atoms with Crippen LogP contribution in [0.1, 0.15) is 17.0 Å². The second kappa shape index (κ2) is 4.26. The molecule has 0 radical (unpaired) electrons. The zero-order chi connectivity index (χ0) is 14.4. The lowest BCUT2D eigenvalue weighted by atomic mass is 10.3. The SMILES string of the molecule is Cc1[nH]nc(NS(=O)(=O)c2c(N)nn(C)c2C)c1C. The molecule has 0 aliphatic carbocycles. The number of rotatable bonds is 3. The van der Waals surface area contributed by atoms with E-state index in [1.165, 1.54) is 4.68 Å². The van der Waals surface area contributed by atoms with Crippen LogP contribution in [-0.4, -0.2) is 28.4 Å². The Kier molecular flexibility index (Phi) is 3.01. The molecular weight excluding hydrogens is 268 g/mol. The normalized spacial score (nSPS) is 11.8. The molecule has 0 bridgehead atoms. The lowest BCUT2D eigenvalue weighted by Gasteiger charge is -2.06. The molecule has 0 saturated heterocycles. The highest BCUT2D eigenvalue weighted by Crippen LogP contribution is 2.25. The van der Waals surface area contributed by atoms with Crippen LogP contribution in [0.5, 0.6) is 0 Å². The van der Waals surface area contributed by atoms with E-state index in [2.05, 4.69) is 20.0 Å². The number of nitrogens with two attached hydrogens (primary N) is 1. The van der Waals surface area contributed by atoms with E-state index >= 15 is 0 Å². The number of aryl methyl sites for hydroxylation is 2. The van der Waals surface area contributed by atoms with Gasteiger partial charge in [0.05, 0.1) is 5.69 Å². The molecule has 4 N–H and O–H groups in total. The van der Waals surface area contributed by atoms with Gasteiger partial charge in [-0.3, -0.25) is 14.5 Å². The second-order valence-corrected chi connectivity index (χ2v) is 5.97. The van der Waals surface area contributed by atoms with Crippen LogP contribution >= 0.6 is 0 Å². The van der Waals surface area contributed by atoms with Crippen LogP contribution in [0.3, 0.4) is 0 Å². The molecular formula is C10H16N6O2S. The third-order valence-corrected chi connectivity index (χ3v) is 4.56. The van der Waals surface area contributed by atoms with E-state index < -0.39 is 10.0 Å². The molecule has 0 aromatic carbocycles. The number of hydrogen-bond acceptors (Lipinski definition) is 5. The van der Waals surface area contributed by atoms with Gasteiger partial charge in [-0.2, -0.15) is 10.2 Å². The zero-order valence-corrected chi connectivity index (χ0v) is 12.0. The predicted molar refractivity (Wildman–Crippen MR) is 71.2 cm³/mol. The molecule has 0 amide bonds. The lowest BCUT2D eigenvalue weighted by Crippen LogP contribution is -2.16. The van der Waals surface area contributed by atoms with Crippen LogP contribution in [0.15, 0.2) is 4.90 Å². The van der Waals surface area contributed by atoms with Gasteiger partial charge in [-0.25, -0.2) is 8.42 Å². The summed E-state index contributed by atoms with van der Waals surface area (Å²) >= 11 is 0. The molecule has 0 spiro atoms. The minimum Gasteiger partial charge on any atom is -0.381 e. The summed E-state index contributed by atoms with van der Waals surface area (Å²) in [4.78, 5) is -0.0185. The molecule has 8 nitrogen and oxygen atoms in total. The first kappa shape index (κ1) is 13.4. The maximum Gasteiger partial charge on any atom is 0.268 e. The van der Waals surface area contributed by atoms with Gasteiger partial charge >= 0.3 is 0 Å². The molecule has 2 heterocycles. The first-order chi connectivity index (χ1) is 8.74. The molecule has 0 atom stereocenters. The number of nitrogen functional groups attached to an aromatic ring is 1. The van der Waals surface area contributed by atoms with E-state index in [-0.39, 0.29) is 16.5 Å². The Morgan fingerprint density at radius 2 is 1.95 bits per heavy atom. The highest BCUT2D eigenvalue weighted by Gasteiger charge is 2.26. The smallest absolute Gasteiger partial charge is 0.268 e. The fourth-order valence-corrected chi connectivity index (χ4v) is 3.10. The van der Waals surface area contributed by atoms with Crippen molar-refractivity contribution >= 4 is 21.7 Å². The van der Waals surface area contributed by atoms with E-state index in [1.54, 1.807) is 20.9 Å². The summed E-state index contributed by atoms with van der Waals surface area (Å²) in [6.07, 6.45) is 0. The van der Waals surface area contributed by atoms with Crippen molar-refractivity contribution in [2.75, 3.05) is 10.5 Å². The number of H-pyrrole nitrogens is 1. The number of nitrogens with zero attached hydrogens (tertiary/aromatic N) is 3. The van der Waals surface area contributed by atoms with Crippen LogP contribution < -0.4 is 10.5 Å². The predicted octanol–water partition coefficient (Wildman–Crippen LogP) is 0.451. The van der Waals surface area contributed by atoms with Crippen molar-refractivity contribution in [1.82, 2.24) is 20.0 Å². The van der Waals surface area contributed by atoms with Crippen molar-refractivity contribution in [3.63, 3.8) is 0 Å². The van der Waals surface area contributed by atoms with Crippen LogP contribution in [0.25, 0.3) is 0 Å². The van der Waals surface area contributed by atoms with Gasteiger partial charge in [-0.05, 0) is 20.8 Å². The maximum atomic E-state index is 12.3. The van der Waals surface area contributed by atoms with Crippen molar-refractivity contribution in [1.29, 1.82) is 0 Å². The summed E-state index contributed by atoms with van der Waals surface area (Å²) in [6.45, 7) is 5.22. The minimum absolute atomic E-state index is 0.0185. The van der Waals surface area contributed by atoms with Gasteiger partial charge < -0.3 is 5.73 Å². The summed E-state index contributed by atoms with van der Waals surface area (Å²) in [7, 11) is -2.17. The van der Waals surface area contributed by atoms with Crippen molar-refractivity contribution in [3.8, 4) is 0 Å². The third kappa shape index (κ3) is 2.16. The van der Waals surface area contributed by atoms with Gasteiger partial charge in [0, 0.05) is 18.3 Å². The van der Waals surface area contributed by atoms with Gasteiger partial charge in [0.1, 0.15) is 0 Å². The topological polar surface area (TPSA) is 119 Å². The van der Waals surface area contributed by atoms with Crippen LogP contribution in [0.2, 0.25) is 0 Å². The van der Waals surface area contributed by atoms with Crippen LogP contribution in [0.4, 0.5) is 11.6 Å². The second-order valence-electron chi connectivity index (χ2n) is 4.35. The molecule has 2 aromatic rings. The summed E-state index contributed by atoms with van der Waals surface area (Å²) in [5.74, 6) is 0.234. The Hall–Kier alpha value is -2.03. The van der Waals surface area contributed by atoms with Gasteiger partial charge in [0.2, 0.25) is 0 Å². The number of sulfonamides is 1. The average molecular weight is 284 g/mol. The largest absolute Gasteiger partial charge is 0.381 e. The first-order valence-corrected chi connectivity index (χ1v) is 7.06. The quantitative estimate of drug-likeness (QED) is 0.756.